The van der Waals surface area contributed by atoms with Crippen LogP contribution in [0.2, 0.25) is 0 Å². The highest BCUT2D eigenvalue weighted by molar-refractivity contribution is 5.05. The second kappa shape index (κ2) is 4.73. The molecule has 0 radical (unpaired) electrons. The lowest BCUT2D eigenvalue weighted by Crippen LogP contribution is -2.58. The van der Waals surface area contributed by atoms with E-state index in [1.807, 2.05) is 0 Å². The van der Waals surface area contributed by atoms with Gasteiger partial charge in [0.2, 0.25) is 0 Å². The van der Waals surface area contributed by atoms with Gasteiger partial charge in [-0.25, -0.2) is 0 Å². The van der Waals surface area contributed by atoms with E-state index < -0.39 is 0 Å². The average molecular weight is 262 g/mol. The Bertz CT molecular complexity index is 297. The fraction of sp³-hybridized carbons (Fsp3) is 1.00. The van der Waals surface area contributed by atoms with Crippen molar-refractivity contribution in [1.29, 1.82) is 0 Å². The summed E-state index contributed by atoms with van der Waals surface area (Å²) in [4.78, 5) is 0. The topological polar surface area (TPSA) is 24.1 Å². The largest absolute Gasteiger partial charge is 0.315 e. The molecule has 4 bridgehead atoms. The summed E-state index contributed by atoms with van der Waals surface area (Å²) >= 11 is 0. The monoisotopic (exact) mass is 262 g/mol. The minimum atomic E-state index is 0.673. The molecule has 2 N–H and O–H groups in total. The van der Waals surface area contributed by atoms with Gasteiger partial charge in [0.25, 0.3) is 0 Å². The maximum absolute atomic E-state index is 4.01. The van der Waals surface area contributed by atoms with Crippen LogP contribution in [0.15, 0.2) is 0 Å². The summed E-state index contributed by atoms with van der Waals surface area (Å²) in [6.07, 6.45) is 12.0. The zero-order valence-electron chi connectivity index (χ0n) is 12.5. The molecule has 5 rings (SSSR count). The van der Waals surface area contributed by atoms with E-state index >= 15 is 0 Å². The summed E-state index contributed by atoms with van der Waals surface area (Å²) in [5.41, 5.74) is 0.673. The Morgan fingerprint density at radius 1 is 1.05 bits per heavy atom. The van der Waals surface area contributed by atoms with Gasteiger partial charge in [-0.3, -0.25) is 0 Å². The third-order valence-electron chi connectivity index (χ3n) is 6.79. The Balaban J connectivity index is 1.45. The van der Waals surface area contributed by atoms with Gasteiger partial charge < -0.3 is 10.6 Å². The second-order valence-corrected chi connectivity index (χ2v) is 8.21. The number of rotatable bonds is 3. The predicted molar refractivity (Wildman–Crippen MR) is 79.1 cm³/mol. The summed E-state index contributed by atoms with van der Waals surface area (Å²) < 4.78 is 0. The van der Waals surface area contributed by atoms with Crippen LogP contribution in [0.4, 0.5) is 0 Å². The van der Waals surface area contributed by atoms with Gasteiger partial charge in [-0.1, -0.05) is 0 Å². The molecule has 4 saturated carbocycles. The Labute approximate surface area is 118 Å². The SMILES string of the molecule is CC(NC1CCCNC1)C12CC3CC(CC(C3)C1)C2. The Kier molecular flexibility index (Phi) is 3.15. The van der Waals surface area contributed by atoms with E-state index in [1.165, 1.54) is 45.2 Å². The molecule has 0 aromatic rings. The van der Waals surface area contributed by atoms with Crippen LogP contribution in [0, 0.1) is 23.2 Å². The molecular weight excluding hydrogens is 232 g/mol. The highest BCUT2D eigenvalue weighted by Gasteiger charge is 2.53. The maximum Gasteiger partial charge on any atom is 0.0195 e. The molecule has 2 atom stereocenters. The number of piperidine rings is 1. The van der Waals surface area contributed by atoms with Crippen LogP contribution >= 0.6 is 0 Å². The van der Waals surface area contributed by atoms with Gasteiger partial charge in [-0.2, -0.15) is 0 Å². The molecule has 5 aliphatic rings. The van der Waals surface area contributed by atoms with Crippen LogP contribution in [-0.4, -0.2) is 25.2 Å². The minimum absolute atomic E-state index is 0.673. The van der Waals surface area contributed by atoms with Crippen molar-refractivity contribution >= 4 is 0 Å². The molecule has 1 aliphatic heterocycles. The lowest BCUT2D eigenvalue weighted by atomic mass is 9.48. The van der Waals surface area contributed by atoms with Crippen molar-refractivity contribution < 1.29 is 0 Å². The number of hydrogen-bond donors (Lipinski definition) is 2. The van der Waals surface area contributed by atoms with Crippen molar-refractivity contribution in [2.75, 3.05) is 13.1 Å². The molecule has 1 heterocycles. The van der Waals surface area contributed by atoms with Crippen molar-refractivity contribution in [3.05, 3.63) is 0 Å². The van der Waals surface area contributed by atoms with Gasteiger partial charge in [0, 0.05) is 18.6 Å². The third-order valence-corrected chi connectivity index (χ3v) is 6.79. The van der Waals surface area contributed by atoms with Gasteiger partial charge >= 0.3 is 0 Å². The first-order valence-corrected chi connectivity index (χ1v) is 8.70. The van der Waals surface area contributed by atoms with Crippen LogP contribution in [0.1, 0.15) is 58.3 Å². The molecule has 0 aromatic heterocycles. The molecule has 1 saturated heterocycles. The van der Waals surface area contributed by atoms with Crippen molar-refractivity contribution in [3.8, 4) is 0 Å². The zero-order chi connectivity index (χ0) is 12.9. The predicted octanol–water partition coefficient (Wildman–Crippen LogP) is 2.93. The standard InChI is InChI=1S/C17H30N2/c1-12(19-16-3-2-4-18-11-16)17-8-13-5-14(9-17)7-15(6-13)10-17/h12-16,18-19H,2-11H2,1H3. The zero-order valence-corrected chi connectivity index (χ0v) is 12.5. The fourth-order valence-corrected chi connectivity index (χ4v) is 6.23. The van der Waals surface area contributed by atoms with Gasteiger partial charge in [0.1, 0.15) is 0 Å². The van der Waals surface area contributed by atoms with E-state index in [2.05, 4.69) is 17.6 Å². The molecule has 2 unspecified atom stereocenters. The van der Waals surface area contributed by atoms with Crippen molar-refractivity contribution in [2.24, 2.45) is 23.2 Å². The minimum Gasteiger partial charge on any atom is -0.315 e. The molecule has 2 heteroatoms. The van der Waals surface area contributed by atoms with E-state index in [1.54, 1.807) is 19.3 Å². The van der Waals surface area contributed by atoms with Crippen molar-refractivity contribution in [1.82, 2.24) is 10.6 Å². The maximum atomic E-state index is 4.01. The Morgan fingerprint density at radius 3 is 2.21 bits per heavy atom. The van der Waals surface area contributed by atoms with Gasteiger partial charge in [-0.15, -0.1) is 0 Å². The van der Waals surface area contributed by atoms with E-state index in [0.29, 0.717) is 5.41 Å². The first kappa shape index (κ1) is 12.6. The van der Waals surface area contributed by atoms with Crippen LogP contribution in [-0.2, 0) is 0 Å². The quantitative estimate of drug-likeness (QED) is 0.817. The van der Waals surface area contributed by atoms with E-state index in [4.69, 9.17) is 0 Å². The van der Waals surface area contributed by atoms with E-state index in [9.17, 15) is 0 Å². The summed E-state index contributed by atoms with van der Waals surface area (Å²) in [7, 11) is 0. The molecule has 19 heavy (non-hydrogen) atoms. The Hall–Kier alpha value is -0.0800. The fourth-order valence-electron chi connectivity index (χ4n) is 6.23. The lowest BCUT2D eigenvalue weighted by molar-refractivity contribution is -0.0724. The van der Waals surface area contributed by atoms with Gasteiger partial charge in [0.15, 0.2) is 0 Å². The normalized spacial score (nSPS) is 50.4. The van der Waals surface area contributed by atoms with Crippen LogP contribution < -0.4 is 10.6 Å². The number of nitrogens with one attached hydrogen (secondary N) is 2. The van der Waals surface area contributed by atoms with Gasteiger partial charge in [-0.05, 0) is 88.0 Å². The molecule has 4 aliphatic carbocycles. The summed E-state index contributed by atoms with van der Waals surface area (Å²) in [6, 6.07) is 1.47. The second-order valence-electron chi connectivity index (χ2n) is 8.21. The van der Waals surface area contributed by atoms with Crippen LogP contribution in [0.5, 0.6) is 0 Å². The summed E-state index contributed by atoms with van der Waals surface area (Å²) in [6.45, 7) is 4.92. The summed E-state index contributed by atoms with van der Waals surface area (Å²) in [5.74, 6) is 3.25. The summed E-state index contributed by atoms with van der Waals surface area (Å²) in [5, 5.41) is 7.56. The molecule has 0 aromatic carbocycles. The lowest BCUT2D eigenvalue weighted by Gasteiger charge is -2.59. The van der Waals surface area contributed by atoms with Crippen molar-refractivity contribution in [3.63, 3.8) is 0 Å². The van der Waals surface area contributed by atoms with Crippen LogP contribution in [0.3, 0.4) is 0 Å². The van der Waals surface area contributed by atoms with Crippen LogP contribution in [0.25, 0.3) is 0 Å². The van der Waals surface area contributed by atoms with Gasteiger partial charge in [0.05, 0.1) is 0 Å². The Morgan fingerprint density at radius 2 is 1.68 bits per heavy atom. The van der Waals surface area contributed by atoms with Crippen molar-refractivity contribution in [2.45, 2.75) is 70.4 Å². The smallest absolute Gasteiger partial charge is 0.0195 e. The highest BCUT2D eigenvalue weighted by Crippen LogP contribution is 2.61. The molecule has 0 amide bonds. The number of hydrogen-bond acceptors (Lipinski definition) is 2. The molecular formula is C17H30N2. The molecule has 5 fully saturated rings. The molecule has 2 nitrogen and oxygen atoms in total. The first-order chi connectivity index (χ1) is 9.23. The average Bonchev–Trinajstić information content (AvgIpc) is 2.38. The molecule has 0 spiro atoms. The highest BCUT2D eigenvalue weighted by atomic mass is 15.0. The first-order valence-electron chi connectivity index (χ1n) is 8.70. The third kappa shape index (κ3) is 2.25. The van der Waals surface area contributed by atoms with E-state index in [-0.39, 0.29) is 0 Å². The van der Waals surface area contributed by atoms with E-state index in [0.717, 1.165) is 29.8 Å². The molecule has 108 valence electrons.